The van der Waals surface area contributed by atoms with Crippen molar-refractivity contribution in [2.24, 2.45) is 0 Å². The zero-order chi connectivity index (χ0) is 12.3. The third kappa shape index (κ3) is 2.98. The Kier molecular flexibility index (Phi) is 3.64. The van der Waals surface area contributed by atoms with E-state index in [0.29, 0.717) is 12.3 Å². The van der Waals surface area contributed by atoms with E-state index in [1.54, 1.807) is 18.6 Å². The Hall–Kier alpha value is -1.54. The Balaban J connectivity index is 2.04. The second-order valence-electron chi connectivity index (χ2n) is 4.67. The fourth-order valence-electron chi connectivity index (χ4n) is 1.84. The van der Waals surface area contributed by atoms with E-state index in [1.165, 1.54) is 5.56 Å². The van der Waals surface area contributed by atoms with Crippen LogP contribution in [0.25, 0.3) is 0 Å². The maximum absolute atomic E-state index is 9.98. The first kappa shape index (κ1) is 11.9. The second-order valence-corrected chi connectivity index (χ2v) is 4.67. The molecule has 0 aliphatic rings. The van der Waals surface area contributed by atoms with E-state index in [-0.39, 0.29) is 0 Å². The summed E-state index contributed by atoms with van der Waals surface area (Å²) in [4.78, 5) is 0. The number of benzene rings is 1. The molecule has 0 saturated carbocycles. The molecule has 1 N–H and O–H groups in total. The van der Waals surface area contributed by atoms with E-state index in [0.717, 1.165) is 11.1 Å². The van der Waals surface area contributed by atoms with Gasteiger partial charge in [0.25, 0.3) is 0 Å². The predicted molar refractivity (Wildman–Crippen MR) is 67.9 cm³/mol. The van der Waals surface area contributed by atoms with E-state index >= 15 is 0 Å². The number of rotatable bonds is 4. The molecule has 90 valence electrons. The topological polar surface area (TPSA) is 33.4 Å². The molecule has 0 aliphatic heterocycles. The van der Waals surface area contributed by atoms with Crippen LogP contribution in [0.1, 0.15) is 42.6 Å². The third-order valence-corrected chi connectivity index (χ3v) is 3.00. The number of hydrogen-bond donors (Lipinski definition) is 1. The second kappa shape index (κ2) is 5.19. The highest BCUT2D eigenvalue weighted by Crippen LogP contribution is 2.20. The Morgan fingerprint density at radius 3 is 2.29 bits per heavy atom. The van der Waals surface area contributed by atoms with Crippen molar-refractivity contribution in [1.29, 1.82) is 0 Å². The lowest BCUT2D eigenvalue weighted by atomic mass is 9.98. The molecule has 1 atom stereocenters. The molecule has 1 aromatic carbocycles. The lowest BCUT2D eigenvalue weighted by molar-refractivity contribution is 0.177. The fourth-order valence-corrected chi connectivity index (χ4v) is 1.84. The summed E-state index contributed by atoms with van der Waals surface area (Å²) in [7, 11) is 0. The first-order valence-corrected chi connectivity index (χ1v) is 5.96. The summed E-state index contributed by atoms with van der Waals surface area (Å²) in [6.45, 7) is 4.35. The van der Waals surface area contributed by atoms with Gasteiger partial charge < -0.3 is 9.52 Å². The van der Waals surface area contributed by atoms with Crippen LogP contribution in [0.15, 0.2) is 47.3 Å². The molecule has 0 radical (unpaired) electrons. The standard InChI is InChI=1S/C15H18O2/c1-11(2)13-5-3-12(4-6-13)9-15(16)14-7-8-17-10-14/h3-8,10-11,15-16H,9H2,1-2H3. The smallest absolute Gasteiger partial charge is 0.0960 e. The Bertz CT molecular complexity index is 440. The van der Waals surface area contributed by atoms with Crippen LogP contribution < -0.4 is 0 Å². The van der Waals surface area contributed by atoms with Crippen LogP contribution in [0.4, 0.5) is 0 Å². The van der Waals surface area contributed by atoms with Gasteiger partial charge in [-0.2, -0.15) is 0 Å². The van der Waals surface area contributed by atoms with Crippen LogP contribution in [-0.4, -0.2) is 5.11 Å². The van der Waals surface area contributed by atoms with Crippen molar-refractivity contribution in [1.82, 2.24) is 0 Å². The average Bonchev–Trinajstić information content (AvgIpc) is 2.83. The van der Waals surface area contributed by atoms with Gasteiger partial charge in [-0.15, -0.1) is 0 Å². The van der Waals surface area contributed by atoms with Crippen molar-refractivity contribution in [3.63, 3.8) is 0 Å². The van der Waals surface area contributed by atoms with Gasteiger partial charge >= 0.3 is 0 Å². The summed E-state index contributed by atoms with van der Waals surface area (Å²) < 4.78 is 4.96. The van der Waals surface area contributed by atoms with Crippen molar-refractivity contribution in [2.45, 2.75) is 32.3 Å². The van der Waals surface area contributed by atoms with Crippen LogP contribution >= 0.6 is 0 Å². The lowest BCUT2D eigenvalue weighted by Crippen LogP contribution is -2.00. The van der Waals surface area contributed by atoms with E-state index < -0.39 is 6.10 Å². The van der Waals surface area contributed by atoms with Gasteiger partial charge in [-0.25, -0.2) is 0 Å². The molecular weight excluding hydrogens is 212 g/mol. The fraction of sp³-hybridized carbons (Fsp3) is 0.333. The number of hydrogen-bond acceptors (Lipinski definition) is 2. The molecule has 0 amide bonds. The van der Waals surface area contributed by atoms with Crippen LogP contribution in [0, 0.1) is 0 Å². The average molecular weight is 230 g/mol. The van der Waals surface area contributed by atoms with Gasteiger partial charge in [0.2, 0.25) is 0 Å². The first-order chi connectivity index (χ1) is 8.16. The molecule has 2 heteroatoms. The Morgan fingerprint density at radius 2 is 1.76 bits per heavy atom. The summed E-state index contributed by atoms with van der Waals surface area (Å²) in [5, 5.41) is 9.98. The van der Waals surface area contributed by atoms with Crippen LogP contribution in [0.2, 0.25) is 0 Å². The summed E-state index contributed by atoms with van der Waals surface area (Å²) in [5.41, 5.74) is 3.30. The molecule has 1 heterocycles. The van der Waals surface area contributed by atoms with Crippen LogP contribution in [0.3, 0.4) is 0 Å². The highest BCUT2D eigenvalue weighted by atomic mass is 16.3. The molecule has 2 rings (SSSR count). The van der Waals surface area contributed by atoms with Gasteiger partial charge in [0.05, 0.1) is 18.6 Å². The molecule has 0 spiro atoms. The maximum atomic E-state index is 9.98. The Morgan fingerprint density at radius 1 is 1.06 bits per heavy atom. The number of aliphatic hydroxyl groups is 1. The van der Waals surface area contributed by atoms with E-state index in [1.807, 2.05) is 0 Å². The summed E-state index contributed by atoms with van der Waals surface area (Å²) in [6.07, 6.45) is 3.31. The van der Waals surface area contributed by atoms with E-state index in [4.69, 9.17) is 4.42 Å². The quantitative estimate of drug-likeness (QED) is 0.869. The van der Waals surface area contributed by atoms with Gasteiger partial charge in [-0.3, -0.25) is 0 Å². The monoisotopic (exact) mass is 230 g/mol. The SMILES string of the molecule is CC(C)c1ccc(CC(O)c2ccoc2)cc1. The molecule has 1 unspecified atom stereocenters. The lowest BCUT2D eigenvalue weighted by Gasteiger charge is -2.10. The van der Waals surface area contributed by atoms with Gasteiger partial charge in [-0.1, -0.05) is 38.1 Å². The zero-order valence-corrected chi connectivity index (χ0v) is 10.3. The number of furan rings is 1. The third-order valence-electron chi connectivity index (χ3n) is 3.00. The van der Waals surface area contributed by atoms with Crippen molar-refractivity contribution in [3.05, 3.63) is 59.5 Å². The summed E-state index contributed by atoms with van der Waals surface area (Å²) >= 11 is 0. The maximum Gasteiger partial charge on any atom is 0.0960 e. The van der Waals surface area contributed by atoms with Crippen molar-refractivity contribution in [2.75, 3.05) is 0 Å². The minimum atomic E-state index is -0.487. The molecule has 17 heavy (non-hydrogen) atoms. The van der Waals surface area contributed by atoms with Crippen molar-refractivity contribution >= 4 is 0 Å². The van der Waals surface area contributed by atoms with E-state index in [2.05, 4.69) is 38.1 Å². The molecule has 0 saturated heterocycles. The van der Waals surface area contributed by atoms with Crippen LogP contribution in [-0.2, 0) is 6.42 Å². The number of aliphatic hydroxyl groups excluding tert-OH is 1. The Labute approximate surface area is 102 Å². The van der Waals surface area contributed by atoms with E-state index in [9.17, 15) is 5.11 Å². The van der Waals surface area contributed by atoms with Crippen molar-refractivity contribution in [3.8, 4) is 0 Å². The largest absolute Gasteiger partial charge is 0.472 e. The normalized spacial score (nSPS) is 12.9. The minimum Gasteiger partial charge on any atom is -0.472 e. The molecule has 2 aromatic rings. The van der Waals surface area contributed by atoms with Crippen LogP contribution in [0.5, 0.6) is 0 Å². The summed E-state index contributed by atoms with van der Waals surface area (Å²) in [6, 6.07) is 10.2. The first-order valence-electron chi connectivity index (χ1n) is 5.96. The molecule has 1 aromatic heterocycles. The minimum absolute atomic E-state index is 0.487. The van der Waals surface area contributed by atoms with Gasteiger partial charge in [-0.05, 0) is 23.1 Å². The molecule has 2 nitrogen and oxygen atoms in total. The molecule has 0 fully saturated rings. The predicted octanol–water partition coefficient (Wildman–Crippen LogP) is 3.68. The highest BCUT2D eigenvalue weighted by Gasteiger charge is 2.09. The summed E-state index contributed by atoms with van der Waals surface area (Å²) in [5.74, 6) is 0.544. The highest BCUT2D eigenvalue weighted by molar-refractivity contribution is 5.26. The van der Waals surface area contributed by atoms with Crippen molar-refractivity contribution < 1.29 is 9.52 Å². The molecule has 0 bridgehead atoms. The zero-order valence-electron chi connectivity index (χ0n) is 10.3. The molecular formula is C15H18O2. The van der Waals surface area contributed by atoms with Gasteiger partial charge in [0.15, 0.2) is 0 Å². The molecule has 0 aliphatic carbocycles. The van der Waals surface area contributed by atoms with Gasteiger partial charge in [0.1, 0.15) is 0 Å². The van der Waals surface area contributed by atoms with Gasteiger partial charge in [0, 0.05) is 12.0 Å².